The summed E-state index contributed by atoms with van der Waals surface area (Å²) in [4.78, 5) is 0. The number of nitrogens with two attached hydrogens (primary N) is 1. The fourth-order valence-electron chi connectivity index (χ4n) is 0.455. The fraction of sp³-hybridized carbons (Fsp3) is 0.333. The summed E-state index contributed by atoms with van der Waals surface area (Å²) in [5.74, 6) is 0. The molecule has 0 amide bonds. The topological polar surface area (TPSA) is 26.0 Å². The van der Waals surface area contributed by atoms with E-state index in [1.165, 1.54) is 5.57 Å². The summed E-state index contributed by atoms with van der Waals surface area (Å²) in [5.41, 5.74) is 7.52. The Morgan fingerprint density at radius 3 is 1.90 bits per heavy atom. The minimum absolute atomic E-state index is 0.832. The van der Waals surface area contributed by atoms with Crippen LogP contribution in [0.3, 0.4) is 0 Å². The second kappa shape index (κ2) is 4.86. The van der Waals surface area contributed by atoms with E-state index in [0.717, 1.165) is 5.70 Å². The number of allylic oxidation sites excluding steroid dienone is 6. The van der Waals surface area contributed by atoms with Gasteiger partial charge in [-0.15, -0.1) is 0 Å². The van der Waals surface area contributed by atoms with Crippen LogP contribution < -0.4 is 5.73 Å². The molecule has 56 valence electrons. The lowest BCUT2D eigenvalue weighted by Crippen LogP contribution is -1.87. The first-order valence-corrected chi connectivity index (χ1v) is 3.37. The van der Waals surface area contributed by atoms with Crippen LogP contribution >= 0.6 is 0 Å². The van der Waals surface area contributed by atoms with Crippen molar-refractivity contribution in [3.05, 3.63) is 35.6 Å². The summed E-state index contributed by atoms with van der Waals surface area (Å²) < 4.78 is 0. The predicted octanol–water partition coefficient (Wildman–Crippen LogP) is 2.37. The highest BCUT2D eigenvalue weighted by atomic mass is 14.5. The van der Waals surface area contributed by atoms with E-state index in [1.807, 2.05) is 31.2 Å². The summed E-state index contributed by atoms with van der Waals surface area (Å²) in [6.45, 7) is 5.99. The van der Waals surface area contributed by atoms with E-state index < -0.39 is 0 Å². The van der Waals surface area contributed by atoms with E-state index >= 15 is 0 Å². The van der Waals surface area contributed by atoms with Crippen LogP contribution in [0.5, 0.6) is 0 Å². The predicted molar refractivity (Wildman–Crippen MR) is 46.5 cm³/mol. The third-order valence-electron chi connectivity index (χ3n) is 0.900. The van der Waals surface area contributed by atoms with Crippen molar-refractivity contribution < 1.29 is 0 Å². The Kier molecular flexibility index (Phi) is 4.38. The molecule has 0 aliphatic rings. The third-order valence-corrected chi connectivity index (χ3v) is 0.900. The standard InChI is InChI=1S/C9H15N/c1-8(2)6-4-5-7-9(3)10/h4-7H,10H2,1-3H3/b5-4-,9-7+. The molecular weight excluding hydrogens is 122 g/mol. The summed E-state index contributed by atoms with van der Waals surface area (Å²) in [7, 11) is 0. The Morgan fingerprint density at radius 1 is 1.00 bits per heavy atom. The van der Waals surface area contributed by atoms with Crippen LogP contribution in [0, 0.1) is 0 Å². The molecule has 2 N–H and O–H groups in total. The van der Waals surface area contributed by atoms with Gasteiger partial charge in [-0.05, 0) is 26.8 Å². The van der Waals surface area contributed by atoms with E-state index in [1.54, 1.807) is 0 Å². The van der Waals surface area contributed by atoms with Gasteiger partial charge < -0.3 is 5.73 Å². The minimum Gasteiger partial charge on any atom is -0.402 e. The first-order chi connectivity index (χ1) is 4.63. The minimum atomic E-state index is 0.832. The zero-order valence-electron chi connectivity index (χ0n) is 6.89. The van der Waals surface area contributed by atoms with E-state index in [9.17, 15) is 0 Å². The number of hydrogen-bond donors (Lipinski definition) is 1. The first kappa shape index (κ1) is 9.02. The Balaban J connectivity index is 3.80. The highest BCUT2D eigenvalue weighted by Crippen LogP contribution is 1.89. The van der Waals surface area contributed by atoms with Crippen molar-refractivity contribution in [1.29, 1.82) is 0 Å². The van der Waals surface area contributed by atoms with Gasteiger partial charge in [0, 0.05) is 5.70 Å². The molecule has 0 unspecified atom stereocenters. The van der Waals surface area contributed by atoms with E-state index in [2.05, 4.69) is 13.8 Å². The van der Waals surface area contributed by atoms with Crippen LogP contribution in [-0.2, 0) is 0 Å². The quantitative estimate of drug-likeness (QED) is 0.581. The zero-order valence-corrected chi connectivity index (χ0v) is 6.89. The van der Waals surface area contributed by atoms with Crippen molar-refractivity contribution in [3.8, 4) is 0 Å². The molecule has 0 aromatic carbocycles. The molecule has 0 fully saturated rings. The van der Waals surface area contributed by atoms with Gasteiger partial charge in [-0.3, -0.25) is 0 Å². The van der Waals surface area contributed by atoms with E-state index in [-0.39, 0.29) is 0 Å². The SMILES string of the molecule is CC(C)=C/C=C\C=C(/C)N. The maximum absolute atomic E-state index is 5.40. The number of hydrogen-bond acceptors (Lipinski definition) is 1. The van der Waals surface area contributed by atoms with Gasteiger partial charge in [-0.1, -0.05) is 23.8 Å². The van der Waals surface area contributed by atoms with Crippen molar-refractivity contribution in [2.75, 3.05) is 0 Å². The summed E-state index contributed by atoms with van der Waals surface area (Å²) in [5, 5.41) is 0. The monoisotopic (exact) mass is 137 g/mol. The Bertz CT molecular complexity index is 145. The first-order valence-electron chi connectivity index (χ1n) is 3.37. The molecule has 0 aromatic heterocycles. The largest absolute Gasteiger partial charge is 0.402 e. The molecule has 0 heterocycles. The molecular formula is C9H15N. The van der Waals surface area contributed by atoms with Gasteiger partial charge in [0.1, 0.15) is 0 Å². The third kappa shape index (κ3) is 7.02. The maximum atomic E-state index is 5.40. The average molecular weight is 137 g/mol. The molecule has 0 rings (SSSR count). The molecule has 1 heteroatoms. The van der Waals surface area contributed by atoms with Crippen molar-refractivity contribution >= 4 is 0 Å². The highest BCUT2D eigenvalue weighted by molar-refractivity contribution is 5.15. The van der Waals surface area contributed by atoms with Crippen molar-refractivity contribution in [2.45, 2.75) is 20.8 Å². The second-order valence-electron chi connectivity index (χ2n) is 2.54. The average Bonchev–Trinajstić information content (AvgIpc) is 1.79. The lowest BCUT2D eigenvalue weighted by molar-refractivity contribution is 1.32. The molecule has 0 spiro atoms. The highest BCUT2D eigenvalue weighted by Gasteiger charge is 1.70. The van der Waals surface area contributed by atoms with E-state index in [0.29, 0.717) is 0 Å². The van der Waals surface area contributed by atoms with E-state index in [4.69, 9.17) is 5.73 Å². The van der Waals surface area contributed by atoms with Crippen molar-refractivity contribution in [1.82, 2.24) is 0 Å². The van der Waals surface area contributed by atoms with Gasteiger partial charge in [0.05, 0.1) is 0 Å². The van der Waals surface area contributed by atoms with Gasteiger partial charge in [0.15, 0.2) is 0 Å². The van der Waals surface area contributed by atoms with Gasteiger partial charge in [0.25, 0.3) is 0 Å². The molecule has 0 aliphatic carbocycles. The second-order valence-corrected chi connectivity index (χ2v) is 2.54. The number of rotatable bonds is 2. The Hall–Kier alpha value is -0.980. The molecule has 0 saturated heterocycles. The molecule has 0 aromatic rings. The zero-order chi connectivity index (χ0) is 7.98. The molecule has 0 bridgehead atoms. The normalized spacial score (nSPS) is 12.1. The molecule has 0 saturated carbocycles. The fourth-order valence-corrected chi connectivity index (χ4v) is 0.455. The summed E-state index contributed by atoms with van der Waals surface area (Å²) in [6.07, 6.45) is 7.83. The van der Waals surface area contributed by atoms with Crippen LogP contribution in [0.1, 0.15) is 20.8 Å². The van der Waals surface area contributed by atoms with Gasteiger partial charge >= 0.3 is 0 Å². The Labute approximate surface area is 62.9 Å². The van der Waals surface area contributed by atoms with Gasteiger partial charge in [-0.2, -0.15) is 0 Å². The summed E-state index contributed by atoms with van der Waals surface area (Å²) in [6, 6.07) is 0. The van der Waals surface area contributed by atoms with Crippen LogP contribution in [0.2, 0.25) is 0 Å². The van der Waals surface area contributed by atoms with Crippen LogP contribution in [0.25, 0.3) is 0 Å². The van der Waals surface area contributed by atoms with Crippen LogP contribution in [0.4, 0.5) is 0 Å². The molecule has 10 heavy (non-hydrogen) atoms. The molecule has 0 radical (unpaired) electrons. The molecule has 1 nitrogen and oxygen atoms in total. The lowest BCUT2D eigenvalue weighted by Gasteiger charge is -1.83. The van der Waals surface area contributed by atoms with Crippen LogP contribution in [-0.4, -0.2) is 0 Å². The van der Waals surface area contributed by atoms with Crippen LogP contribution in [0.15, 0.2) is 35.6 Å². The maximum Gasteiger partial charge on any atom is 0.00488 e. The summed E-state index contributed by atoms with van der Waals surface area (Å²) >= 11 is 0. The molecule has 0 atom stereocenters. The smallest absolute Gasteiger partial charge is 0.00488 e. The molecule has 0 aliphatic heterocycles. The van der Waals surface area contributed by atoms with Gasteiger partial charge in [0.2, 0.25) is 0 Å². The lowest BCUT2D eigenvalue weighted by atomic mass is 10.3. The Morgan fingerprint density at radius 2 is 1.50 bits per heavy atom. The van der Waals surface area contributed by atoms with Crippen molar-refractivity contribution in [2.24, 2.45) is 5.73 Å². The van der Waals surface area contributed by atoms with Crippen molar-refractivity contribution in [3.63, 3.8) is 0 Å². The van der Waals surface area contributed by atoms with Gasteiger partial charge in [-0.25, -0.2) is 0 Å².